The first-order valence-electron chi connectivity index (χ1n) is 6.97. The van der Waals surface area contributed by atoms with Crippen LogP contribution < -0.4 is 5.32 Å². The van der Waals surface area contributed by atoms with Crippen molar-refractivity contribution in [1.29, 1.82) is 0 Å². The van der Waals surface area contributed by atoms with Crippen LogP contribution in [0, 0.1) is 5.92 Å². The van der Waals surface area contributed by atoms with E-state index in [4.69, 9.17) is 5.11 Å². The van der Waals surface area contributed by atoms with Gasteiger partial charge in [-0.2, -0.15) is 0 Å². The fourth-order valence-corrected chi connectivity index (χ4v) is 2.36. The van der Waals surface area contributed by atoms with Gasteiger partial charge in [0.2, 0.25) is 5.91 Å². The standard InChI is InChI=1S/C13H22N4O3S/c1-4-10-15-16-13(21-8-12(19)20)17(10)6-5-11(18)14-7-9(2)3/h9H,4-8H2,1-3H3,(H,14,18)(H,19,20). The number of nitrogens with zero attached hydrogens (tertiary/aromatic N) is 3. The van der Waals surface area contributed by atoms with Gasteiger partial charge in [-0.3, -0.25) is 9.59 Å². The summed E-state index contributed by atoms with van der Waals surface area (Å²) in [6.45, 7) is 7.14. The Balaban J connectivity index is 2.61. The molecule has 1 aromatic rings. The van der Waals surface area contributed by atoms with E-state index in [2.05, 4.69) is 15.5 Å². The molecule has 118 valence electrons. The van der Waals surface area contributed by atoms with E-state index in [1.807, 2.05) is 25.3 Å². The number of carboxylic acid groups (broad SMARTS) is 1. The first kappa shape index (κ1) is 17.5. The molecule has 1 rings (SSSR count). The molecule has 1 heterocycles. The quantitative estimate of drug-likeness (QED) is 0.664. The minimum Gasteiger partial charge on any atom is -0.481 e. The summed E-state index contributed by atoms with van der Waals surface area (Å²) in [7, 11) is 0. The monoisotopic (exact) mass is 314 g/mol. The highest BCUT2D eigenvalue weighted by atomic mass is 32.2. The molecule has 2 N–H and O–H groups in total. The molecule has 0 aliphatic carbocycles. The van der Waals surface area contributed by atoms with E-state index < -0.39 is 5.97 Å². The third kappa shape index (κ3) is 6.16. The molecule has 0 atom stereocenters. The number of carbonyl (C=O) groups is 2. The van der Waals surface area contributed by atoms with Crippen molar-refractivity contribution in [3.8, 4) is 0 Å². The summed E-state index contributed by atoms with van der Waals surface area (Å²) in [6, 6.07) is 0. The van der Waals surface area contributed by atoms with Gasteiger partial charge in [-0.1, -0.05) is 32.5 Å². The number of aliphatic carboxylic acids is 1. The van der Waals surface area contributed by atoms with Gasteiger partial charge >= 0.3 is 5.97 Å². The molecule has 0 aliphatic rings. The highest BCUT2D eigenvalue weighted by molar-refractivity contribution is 7.99. The number of amides is 1. The molecular weight excluding hydrogens is 292 g/mol. The topological polar surface area (TPSA) is 97.1 Å². The van der Waals surface area contributed by atoms with Crippen molar-refractivity contribution in [2.75, 3.05) is 12.3 Å². The van der Waals surface area contributed by atoms with E-state index in [9.17, 15) is 9.59 Å². The summed E-state index contributed by atoms with van der Waals surface area (Å²) >= 11 is 1.12. The Morgan fingerprint density at radius 2 is 2.10 bits per heavy atom. The lowest BCUT2D eigenvalue weighted by Crippen LogP contribution is -2.28. The zero-order valence-corrected chi connectivity index (χ0v) is 13.4. The Kier molecular flexibility index (Phi) is 7.21. The lowest BCUT2D eigenvalue weighted by molar-refractivity contribution is -0.134. The summed E-state index contributed by atoms with van der Waals surface area (Å²) in [4.78, 5) is 22.4. The van der Waals surface area contributed by atoms with Gasteiger partial charge in [0.15, 0.2) is 5.16 Å². The number of hydrogen-bond donors (Lipinski definition) is 2. The van der Waals surface area contributed by atoms with E-state index >= 15 is 0 Å². The van der Waals surface area contributed by atoms with Gasteiger partial charge in [0, 0.05) is 25.9 Å². The predicted molar refractivity (Wildman–Crippen MR) is 80.2 cm³/mol. The molecule has 1 aromatic heterocycles. The SMILES string of the molecule is CCc1nnc(SCC(=O)O)n1CCC(=O)NCC(C)C. The second-order valence-corrected chi connectivity index (χ2v) is 5.98. The molecule has 21 heavy (non-hydrogen) atoms. The lowest BCUT2D eigenvalue weighted by atomic mass is 10.2. The smallest absolute Gasteiger partial charge is 0.313 e. The maximum Gasteiger partial charge on any atom is 0.313 e. The number of aromatic nitrogens is 3. The van der Waals surface area contributed by atoms with Crippen LogP contribution in [0.2, 0.25) is 0 Å². The molecular formula is C13H22N4O3S. The zero-order chi connectivity index (χ0) is 15.8. The molecule has 0 saturated heterocycles. The van der Waals surface area contributed by atoms with Crippen molar-refractivity contribution in [3.63, 3.8) is 0 Å². The van der Waals surface area contributed by atoms with E-state index in [1.54, 1.807) is 0 Å². The Morgan fingerprint density at radius 1 is 1.38 bits per heavy atom. The molecule has 0 fully saturated rings. The minimum absolute atomic E-state index is 0.0198. The van der Waals surface area contributed by atoms with E-state index in [-0.39, 0.29) is 11.7 Å². The highest BCUT2D eigenvalue weighted by Gasteiger charge is 2.14. The molecule has 8 heteroatoms. The van der Waals surface area contributed by atoms with Crippen LogP contribution in [0.1, 0.15) is 33.0 Å². The van der Waals surface area contributed by atoms with Crippen LogP contribution in [0.15, 0.2) is 5.16 Å². The van der Waals surface area contributed by atoms with Crippen molar-refractivity contribution in [2.24, 2.45) is 5.92 Å². The average molecular weight is 314 g/mol. The molecule has 0 aromatic carbocycles. The summed E-state index contributed by atoms with van der Waals surface area (Å²) in [5, 5.41) is 20.2. The fourth-order valence-electron chi connectivity index (χ4n) is 1.66. The number of nitrogens with one attached hydrogen (secondary N) is 1. The predicted octanol–water partition coefficient (Wildman–Crippen LogP) is 1.18. The van der Waals surface area contributed by atoms with Crippen LogP contribution in [-0.2, 0) is 22.6 Å². The normalized spacial score (nSPS) is 10.9. The van der Waals surface area contributed by atoms with Crippen molar-refractivity contribution >= 4 is 23.6 Å². The fraction of sp³-hybridized carbons (Fsp3) is 0.692. The second kappa shape index (κ2) is 8.66. The number of hydrogen-bond acceptors (Lipinski definition) is 5. The molecule has 0 bridgehead atoms. The lowest BCUT2D eigenvalue weighted by Gasteiger charge is -2.10. The number of thioether (sulfide) groups is 1. The van der Waals surface area contributed by atoms with E-state index in [0.717, 1.165) is 17.6 Å². The van der Waals surface area contributed by atoms with Crippen molar-refractivity contribution < 1.29 is 14.7 Å². The van der Waals surface area contributed by atoms with Gasteiger partial charge in [-0.05, 0) is 5.92 Å². The zero-order valence-electron chi connectivity index (χ0n) is 12.6. The maximum absolute atomic E-state index is 11.8. The molecule has 0 radical (unpaired) electrons. The van der Waals surface area contributed by atoms with E-state index in [1.165, 1.54) is 0 Å². The Hall–Kier alpha value is -1.57. The summed E-state index contributed by atoms with van der Waals surface area (Å²) in [5.41, 5.74) is 0. The Bertz CT molecular complexity index is 488. The molecule has 7 nitrogen and oxygen atoms in total. The van der Waals surface area contributed by atoms with Crippen LogP contribution in [-0.4, -0.2) is 44.0 Å². The third-order valence-corrected chi connectivity index (χ3v) is 3.66. The molecule has 0 unspecified atom stereocenters. The van der Waals surface area contributed by atoms with Gasteiger partial charge in [-0.25, -0.2) is 0 Å². The van der Waals surface area contributed by atoms with Crippen LogP contribution in [0.25, 0.3) is 0 Å². The highest BCUT2D eigenvalue weighted by Crippen LogP contribution is 2.17. The maximum atomic E-state index is 11.8. The number of aryl methyl sites for hydroxylation is 1. The van der Waals surface area contributed by atoms with Gasteiger partial charge in [0.25, 0.3) is 0 Å². The first-order chi connectivity index (χ1) is 9.93. The number of rotatable bonds is 9. The van der Waals surface area contributed by atoms with E-state index in [0.29, 0.717) is 37.0 Å². The van der Waals surface area contributed by atoms with Gasteiger partial charge in [0.1, 0.15) is 5.82 Å². The number of carboxylic acids is 1. The summed E-state index contributed by atoms with van der Waals surface area (Å²) < 4.78 is 1.82. The van der Waals surface area contributed by atoms with Crippen LogP contribution >= 0.6 is 11.8 Å². The van der Waals surface area contributed by atoms with Gasteiger partial charge < -0.3 is 15.0 Å². The largest absolute Gasteiger partial charge is 0.481 e. The summed E-state index contributed by atoms with van der Waals surface area (Å²) in [5.74, 6) is 0.189. The number of carbonyl (C=O) groups excluding carboxylic acids is 1. The first-order valence-corrected chi connectivity index (χ1v) is 7.96. The van der Waals surface area contributed by atoms with Crippen LogP contribution in [0.4, 0.5) is 0 Å². The summed E-state index contributed by atoms with van der Waals surface area (Å²) in [6.07, 6.45) is 1.02. The van der Waals surface area contributed by atoms with Crippen molar-refractivity contribution in [3.05, 3.63) is 5.82 Å². The van der Waals surface area contributed by atoms with Crippen LogP contribution in [0.5, 0.6) is 0 Å². The van der Waals surface area contributed by atoms with Gasteiger partial charge in [0.05, 0.1) is 5.75 Å². The van der Waals surface area contributed by atoms with Crippen molar-refractivity contribution in [1.82, 2.24) is 20.1 Å². The molecule has 0 saturated carbocycles. The van der Waals surface area contributed by atoms with Crippen LogP contribution in [0.3, 0.4) is 0 Å². The third-order valence-electron chi connectivity index (χ3n) is 2.70. The minimum atomic E-state index is -0.901. The van der Waals surface area contributed by atoms with Gasteiger partial charge in [-0.15, -0.1) is 10.2 Å². The Labute approximate surface area is 128 Å². The second-order valence-electron chi connectivity index (χ2n) is 5.03. The Morgan fingerprint density at radius 3 is 2.67 bits per heavy atom. The average Bonchev–Trinajstić information content (AvgIpc) is 2.82. The molecule has 0 aliphatic heterocycles. The van der Waals surface area contributed by atoms with Crippen molar-refractivity contribution in [2.45, 2.75) is 45.3 Å². The molecule has 0 spiro atoms. The molecule has 1 amide bonds.